The molecule has 1 amide bonds. The Labute approximate surface area is 146 Å². The molecule has 0 saturated carbocycles. The molecule has 1 aromatic heterocycles. The molecule has 0 bridgehead atoms. The summed E-state index contributed by atoms with van der Waals surface area (Å²) in [5.41, 5.74) is 2.38. The van der Waals surface area contributed by atoms with Gasteiger partial charge < -0.3 is 10.1 Å². The Morgan fingerprint density at radius 2 is 1.96 bits per heavy atom. The third kappa shape index (κ3) is 3.60. The van der Waals surface area contributed by atoms with Gasteiger partial charge in [0.2, 0.25) is 0 Å². The van der Waals surface area contributed by atoms with Crippen LogP contribution >= 0.6 is 27.5 Å². The molecule has 0 unspecified atom stereocenters. The molecule has 0 aliphatic heterocycles. The summed E-state index contributed by atoms with van der Waals surface area (Å²) in [5, 5.41) is 3.57. The predicted octanol–water partition coefficient (Wildman–Crippen LogP) is 4.83. The Kier molecular flexibility index (Phi) is 4.73. The van der Waals surface area contributed by atoms with Crippen LogP contribution < -0.4 is 10.1 Å². The third-order valence-corrected chi connectivity index (χ3v) is 4.63. The van der Waals surface area contributed by atoms with Gasteiger partial charge in [-0.05, 0) is 45.7 Å². The van der Waals surface area contributed by atoms with Crippen molar-refractivity contribution in [2.75, 3.05) is 12.4 Å². The van der Waals surface area contributed by atoms with E-state index in [1.807, 2.05) is 36.4 Å². The Bertz CT molecular complexity index is 834. The lowest BCUT2D eigenvalue weighted by Gasteiger charge is -2.07. The number of hydrogen-bond donors (Lipinski definition) is 1. The topological polar surface area (TPSA) is 51.2 Å². The van der Waals surface area contributed by atoms with E-state index in [1.165, 1.54) is 11.5 Å². The molecule has 1 heterocycles. The van der Waals surface area contributed by atoms with Gasteiger partial charge in [0, 0.05) is 16.1 Å². The lowest BCUT2D eigenvalue weighted by Crippen LogP contribution is -2.11. The summed E-state index contributed by atoms with van der Waals surface area (Å²) in [4.78, 5) is 12.4. The van der Waals surface area contributed by atoms with E-state index in [4.69, 9.17) is 4.74 Å². The largest absolute Gasteiger partial charge is 0.497 e. The normalized spacial score (nSPS) is 10.3. The zero-order valence-electron chi connectivity index (χ0n) is 12.2. The standard InChI is InChI=1S/C17H13BrN2O2S/c1-22-12-7-8-14(18)13(9-12)17(21)19-16-10-15(20-23-16)11-5-3-2-4-6-11/h2-10H,1H3,(H,19,21). The summed E-state index contributed by atoms with van der Waals surface area (Å²) < 4.78 is 10.3. The van der Waals surface area contributed by atoms with E-state index in [2.05, 4.69) is 25.6 Å². The molecule has 4 nitrogen and oxygen atoms in total. The van der Waals surface area contributed by atoms with E-state index >= 15 is 0 Å². The first-order valence-electron chi connectivity index (χ1n) is 6.84. The number of rotatable bonds is 4. The van der Waals surface area contributed by atoms with Crippen LogP contribution in [0.4, 0.5) is 5.00 Å². The summed E-state index contributed by atoms with van der Waals surface area (Å²) in [6, 6.07) is 17.0. The van der Waals surface area contributed by atoms with Crippen LogP contribution in [0, 0.1) is 0 Å². The van der Waals surface area contributed by atoms with Crippen molar-refractivity contribution in [1.82, 2.24) is 4.37 Å². The Hall–Kier alpha value is -2.18. The van der Waals surface area contributed by atoms with Gasteiger partial charge in [0.15, 0.2) is 0 Å². The highest BCUT2D eigenvalue weighted by molar-refractivity contribution is 9.10. The number of carbonyl (C=O) groups is 1. The zero-order chi connectivity index (χ0) is 16.2. The maximum atomic E-state index is 12.4. The van der Waals surface area contributed by atoms with Gasteiger partial charge in [-0.2, -0.15) is 4.37 Å². The fourth-order valence-electron chi connectivity index (χ4n) is 2.06. The van der Waals surface area contributed by atoms with Crippen molar-refractivity contribution < 1.29 is 9.53 Å². The molecule has 2 aromatic carbocycles. The van der Waals surface area contributed by atoms with E-state index < -0.39 is 0 Å². The number of ether oxygens (including phenoxy) is 1. The Morgan fingerprint density at radius 3 is 2.70 bits per heavy atom. The summed E-state index contributed by atoms with van der Waals surface area (Å²) in [7, 11) is 1.57. The summed E-state index contributed by atoms with van der Waals surface area (Å²) in [6.07, 6.45) is 0. The molecule has 0 atom stereocenters. The van der Waals surface area contributed by atoms with Crippen LogP contribution in [0.15, 0.2) is 59.1 Å². The molecular formula is C17H13BrN2O2S. The molecule has 116 valence electrons. The lowest BCUT2D eigenvalue weighted by atomic mass is 10.1. The van der Waals surface area contributed by atoms with Crippen molar-refractivity contribution in [2.24, 2.45) is 0 Å². The number of amides is 1. The lowest BCUT2D eigenvalue weighted by molar-refractivity contribution is 0.102. The minimum atomic E-state index is -0.209. The first kappa shape index (κ1) is 15.7. The molecule has 0 aliphatic rings. The molecule has 3 rings (SSSR count). The molecule has 0 saturated heterocycles. The van der Waals surface area contributed by atoms with Crippen LogP contribution in [-0.2, 0) is 0 Å². The zero-order valence-corrected chi connectivity index (χ0v) is 14.6. The van der Waals surface area contributed by atoms with Gasteiger partial charge in [0.05, 0.1) is 18.4 Å². The van der Waals surface area contributed by atoms with E-state index in [0.29, 0.717) is 20.8 Å². The Morgan fingerprint density at radius 1 is 1.17 bits per heavy atom. The van der Waals surface area contributed by atoms with Gasteiger partial charge in [0.1, 0.15) is 10.8 Å². The number of nitrogens with one attached hydrogen (secondary N) is 1. The van der Waals surface area contributed by atoms with Crippen molar-refractivity contribution in [2.45, 2.75) is 0 Å². The highest BCUT2D eigenvalue weighted by Gasteiger charge is 2.13. The quantitative estimate of drug-likeness (QED) is 0.695. The van der Waals surface area contributed by atoms with Crippen LogP contribution in [0.5, 0.6) is 5.75 Å². The van der Waals surface area contributed by atoms with Gasteiger partial charge in [0.25, 0.3) is 5.91 Å². The number of carbonyl (C=O) groups excluding carboxylic acids is 1. The number of nitrogens with zero attached hydrogens (tertiary/aromatic N) is 1. The van der Waals surface area contributed by atoms with Crippen molar-refractivity contribution in [1.29, 1.82) is 0 Å². The molecule has 23 heavy (non-hydrogen) atoms. The predicted molar refractivity (Wildman–Crippen MR) is 96.2 cm³/mol. The van der Waals surface area contributed by atoms with Crippen LogP contribution in [0.3, 0.4) is 0 Å². The molecule has 0 aliphatic carbocycles. The van der Waals surface area contributed by atoms with Gasteiger partial charge in [-0.25, -0.2) is 0 Å². The van der Waals surface area contributed by atoms with Crippen molar-refractivity contribution in [3.63, 3.8) is 0 Å². The van der Waals surface area contributed by atoms with Crippen LogP contribution in [0.25, 0.3) is 11.3 Å². The van der Waals surface area contributed by atoms with Gasteiger partial charge in [-0.3, -0.25) is 4.79 Å². The van der Waals surface area contributed by atoms with Crippen molar-refractivity contribution >= 4 is 38.4 Å². The van der Waals surface area contributed by atoms with Gasteiger partial charge in [-0.15, -0.1) is 0 Å². The first-order valence-corrected chi connectivity index (χ1v) is 8.41. The minimum absolute atomic E-state index is 0.209. The summed E-state index contributed by atoms with van der Waals surface area (Å²) in [6.45, 7) is 0. The second-order valence-corrected chi connectivity index (χ2v) is 6.40. The maximum Gasteiger partial charge on any atom is 0.257 e. The fourth-order valence-corrected chi connectivity index (χ4v) is 3.15. The van der Waals surface area contributed by atoms with Crippen LogP contribution in [0.2, 0.25) is 0 Å². The van der Waals surface area contributed by atoms with Crippen molar-refractivity contribution in [3.8, 4) is 17.0 Å². The fraction of sp³-hybridized carbons (Fsp3) is 0.0588. The second-order valence-electron chi connectivity index (χ2n) is 4.74. The SMILES string of the molecule is COc1ccc(Br)c(C(=O)Nc2cc(-c3ccccc3)ns2)c1. The molecule has 0 spiro atoms. The average Bonchev–Trinajstić information content (AvgIpc) is 3.04. The van der Waals surface area contributed by atoms with Crippen molar-refractivity contribution in [3.05, 3.63) is 64.6 Å². The highest BCUT2D eigenvalue weighted by Crippen LogP contribution is 2.27. The molecule has 3 aromatic rings. The molecule has 0 radical (unpaired) electrons. The Balaban J connectivity index is 1.80. The molecule has 0 fully saturated rings. The monoisotopic (exact) mass is 388 g/mol. The van der Waals surface area contributed by atoms with E-state index in [-0.39, 0.29) is 5.91 Å². The number of methoxy groups -OCH3 is 1. The van der Waals surface area contributed by atoms with E-state index in [9.17, 15) is 4.79 Å². The summed E-state index contributed by atoms with van der Waals surface area (Å²) in [5.74, 6) is 0.423. The number of benzene rings is 2. The van der Waals surface area contributed by atoms with E-state index in [0.717, 1.165) is 11.3 Å². The second kappa shape index (κ2) is 6.93. The van der Waals surface area contributed by atoms with Crippen LogP contribution in [-0.4, -0.2) is 17.4 Å². The first-order chi connectivity index (χ1) is 11.2. The molecule has 1 N–H and O–H groups in total. The smallest absolute Gasteiger partial charge is 0.257 e. The number of hydrogen-bond acceptors (Lipinski definition) is 4. The van der Waals surface area contributed by atoms with E-state index in [1.54, 1.807) is 25.3 Å². The minimum Gasteiger partial charge on any atom is -0.497 e. The van der Waals surface area contributed by atoms with Gasteiger partial charge >= 0.3 is 0 Å². The van der Waals surface area contributed by atoms with Gasteiger partial charge in [-0.1, -0.05) is 30.3 Å². The molecule has 6 heteroatoms. The summed E-state index contributed by atoms with van der Waals surface area (Å²) >= 11 is 4.64. The highest BCUT2D eigenvalue weighted by atomic mass is 79.9. The number of halogens is 1. The number of anilines is 1. The number of aromatic nitrogens is 1. The maximum absolute atomic E-state index is 12.4. The van der Waals surface area contributed by atoms with Crippen LogP contribution in [0.1, 0.15) is 10.4 Å². The average molecular weight is 389 g/mol. The molecular weight excluding hydrogens is 376 g/mol. The third-order valence-electron chi connectivity index (χ3n) is 3.23.